The fourth-order valence-corrected chi connectivity index (χ4v) is 2.15. The van der Waals surface area contributed by atoms with Gasteiger partial charge in [0.15, 0.2) is 0 Å². The topological polar surface area (TPSA) is 58.4 Å². The number of rotatable bonds is 2. The Morgan fingerprint density at radius 3 is 2.94 bits per heavy atom. The Morgan fingerprint density at radius 1 is 1.69 bits per heavy atom. The number of aliphatic hydroxyl groups is 1. The summed E-state index contributed by atoms with van der Waals surface area (Å²) in [7, 11) is 1.81. The van der Waals surface area contributed by atoms with E-state index >= 15 is 0 Å². The maximum atomic E-state index is 12.1. The highest BCUT2D eigenvalue weighted by Gasteiger charge is 2.27. The van der Waals surface area contributed by atoms with Crippen molar-refractivity contribution in [2.45, 2.75) is 13.3 Å². The Kier molecular flexibility index (Phi) is 2.96. The second-order valence-corrected chi connectivity index (χ2v) is 4.39. The van der Waals surface area contributed by atoms with Gasteiger partial charge in [-0.1, -0.05) is 0 Å². The molecule has 1 aromatic heterocycles. The van der Waals surface area contributed by atoms with Crippen molar-refractivity contribution in [2.75, 3.05) is 19.7 Å². The van der Waals surface area contributed by atoms with Gasteiger partial charge >= 0.3 is 0 Å². The second kappa shape index (κ2) is 4.25. The number of likely N-dealkylation sites (tertiary alicyclic amines) is 1. The molecule has 1 aromatic rings. The predicted octanol–water partition coefficient (Wildman–Crippen LogP) is 0.183. The third-order valence-corrected chi connectivity index (χ3v) is 3.08. The van der Waals surface area contributed by atoms with Gasteiger partial charge in [-0.2, -0.15) is 5.10 Å². The SMILES string of the molecule is Cc1nn(C)cc1C(=O)N1CCC(CO)C1. The highest BCUT2D eigenvalue weighted by atomic mass is 16.3. The molecule has 0 spiro atoms. The lowest BCUT2D eigenvalue weighted by Gasteiger charge is -2.15. The Hall–Kier alpha value is -1.36. The molecule has 1 aliphatic heterocycles. The number of hydrogen-bond acceptors (Lipinski definition) is 3. The molecule has 1 N–H and O–H groups in total. The Labute approximate surface area is 94.7 Å². The van der Waals surface area contributed by atoms with Crippen LogP contribution in [0.2, 0.25) is 0 Å². The number of aromatic nitrogens is 2. The van der Waals surface area contributed by atoms with Crippen molar-refractivity contribution in [3.63, 3.8) is 0 Å². The van der Waals surface area contributed by atoms with Crippen LogP contribution in [-0.2, 0) is 7.05 Å². The van der Waals surface area contributed by atoms with E-state index in [1.807, 2.05) is 14.0 Å². The summed E-state index contributed by atoms with van der Waals surface area (Å²) in [4.78, 5) is 13.9. The molecule has 5 nitrogen and oxygen atoms in total. The van der Waals surface area contributed by atoms with Crippen molar-refractivity contribution in [3.05, 3.63) is 17.5 Å². The van der Waals surface area contributed by atoms with E-state index in [1.54, 1.807) is 15.8 Å². The first-order chi connectivity index (χ1) is 7.61. The van der Waals surface area contributed by atoms with Gasteiger partial charge in [-0.25, -0.2) is 0 Å². The molecule has 5 heteroatoms. The Balaban J connectivity index is 2.11. The molecular formula is C11H17N3O2. The molecule has 1 fully saturated rings. The minimum atomic E-state index is 0.0292. The molecule has 0 bridgehead atoms. The molecule has 2 rings (SSSR count). The maximum absolute atomic E-state index is 12.1. The summed E-state index contributed by atoms with van der Waals surface area (Å²) in [5.41, 5.74) is 1.43. The zero-order valence-electron chi connectivity index (χ0n) is 9.68. The van der Waals surface area contributed by atoms with Crippen LogP contribution in [0, 0.1) is 12.8 Å². The number of aliphatic hydroxyl groups excluding tert-OH is 1. The molecule has 2 heterocycles. The first-order valence-corrected chi connectivity index (χ1v) is 5.52. The minimum absolute atomic E-state index is 0.0292. The fraction of sp³-hybridized carbons (Fsp3) is 0.636. The predicted molar refractivity (Wildman–Crippen MR) is 59.0 cm³/mol. The van der Waals surface area contributed by atoms with Crippen LogP contribution in [0.25, 0.3) is 0 Å². The first-order valence-electron chi connectivity index (χ1n) is 5.52. The highest BCUT2D eigenvalue weighted by Crippen LogP contribution is 2.19. The number of aryl methyl sites for hydroxylation is 2. The van der Waals surface area contributed by atoms with Crippen LogP contribution in [0.1, 0.15) is 22.5 Å². The van der Waals surface area contributed by atoms with Crippen molar-refractivity contribution in [3.8, 4) is 0 Å². The van der Waals surface area contributed by atoms with Crippen molar-refractivity contribution in [1.82, 2.24) is 14.7 Å². The van der Waals surface area contributed by atoms with Gasteiger partial charge in [0, 0.05) is 38.9 Å². The number of nitrogens with zero attached hydrogens (tertiary/aromatic N) is 3. The van der Waals surface area contributed by atoms with Crippen LogP contribution in [0.15, 0.2) is 6.20 Å². The fourth-order valence-electron chi connectivity index (χ4n) is 2.15. The zero-order chi connectivity index (χ0) is 11.7. The number of hydrogen-bond donors (Lipinski definition) is 1. The second-order valence-electron chi connectivity index (χ2n) is 4.39. The van der Waals surface area contributed by atoms with Gasteiger partial charge < -0.3 is 10.0 Å². The summed E-state index contributed by atoms with van der Waals surface area (Å²) in [5, 5.41) is 13.2. The summed E-state index contributed by atoms with van der Waals surface area (Å²) >= 11 is 0. The first kappa shape index (κ1) is 11.1. The van der Waals surface area contributed by atoms with E-state index in [1.165, 1.54) is 0 Å². The van der Waals surface area contributed by atoms with Gasteiger partial charge in [0.05, 0.1) is 11.3 Å². The monoisotopic (exact) mass is 223 g/mol. The highest BCUT2D eigenvalue weighted by molar-refractivity contribution is 5.95. The normalized spacial score (nSPS) is 20.4. The van der Waals surface area contributed by atoms with Gasteiger partial charge in [0.25, 0.3) is 5.91 Å². The molecule has 0 aliphatic carbocycles. The van der Waals surface area contributed by atoms with Crippen molar-refractivity contribution in [1.29, 1.82) is 0 Å². The van der Waals surface area contributed by atoms with Gasteiger partial charge in [0.1, 0.15) is 0 Å². The summed E-state index contributed by atoms with van der Waals surface area (Å²) in [6.07, 6.45) is 2.64. The summed E-state index contributed by atoms with van der Waals surface area (Å²) in [6.45, 7) is 3.39. The van der Waals surface area contributed by atoms with Crippen LogP contribution in [0.4, 0.5) is 0 Å². The van der Waals surface area contributed by atoms with Crippen LogP contribution in [0.3, 0.4) is 0 Å². The molecule has 88 valence electrons. The van der Waals surface area contributed by atoms with E-state index in [0.29, 0.717) is 12.1 Å². The lowest BCUT2D eigenvalue weighted by molar-refractivity contribution is 0.0781. The average Bonchev–Trinajstić information content (AvgIpc) is 2.84. The van der Waals surface area contributed by atoms with Gasteiger partial charge in [-0.05, 0) is 13.3 Å². The van der Waals surface area contributed by atoms with E-state index in [0.717, 1.165) is 18.7 Å². The van der Waals surface area contributed by atoms with E-state index in [-0.39, 0.29) is 18.4 Å². The van der Waals surface area contributed by atoms with Gasteiger partial charge in [-0.3, -0.25) is 9.48 Å². The third kappa shape index (κ3) is 1.95. The molecule has 1 amide bonds. The summed E-state index contributed by atoms with van der Waals surface area (Å²) < 4.78 is 1.65. The Morgan fingerprint density at radius 2 is 2.44 bits per heavy atom. The van der Waals surface area contributed by atoms with Crippen molar-refractivity contribution >= 4 is 5.91 Å². The standard InChI is InChI=1S/C11H17N3O2/c1-8-10(6-13(2)12-8)11(16)14-4-3-9(5-14)7-15/h6,9,15H,3-5,7H2,1-2H3. The lowest BCUT2D eigenvalue weighted by Crippen LogP contribution is -2.29. The van der Waals surface area contributed by atoms with Crippen LogP contribution in [-0.4, -0.2) is 45.4 Å². The van der Waals surface area contributed by atoms with E-state index in [9.17, 15) is 4.79 Å². The maximum Gasteiger partial charge on any atom is 0.257 e. The molecule has 0 aromatic carbocycles. The lowest BCUT2D eigenvalue weighted by atomic mass is 10.1. The third-order valence-electron chi connectivity index (χ3n) is 3.08. The molecule has 1 aliphatic rings. The van der Waals surface area contributed by atoms with E-state index in [4.69, 9.17) is 5.11 Å². The number of amides is 1. The van der Waals surface area contributed by atoms with Crippen LogP contribution in [0.5, 0.6) is 0 Å². The van der Waals surface area contributed by atoms with Crippen LogP contribution >= 0.6 is 0 Å². The van der Waals surface area contributed by atoms with E-state index < -0.39 is 0 Å². The largest absolute Gasteiger partial charge is 0.396 e. The summed E-state index contributed by atoms with van der Waals surface area (Å²) in [6, 6.07) is 0. The molecule has 0 radical (unpaired) electrons. The van der Waals surface area contributed by atoms with Gasteiger partial charge in [0.2, 0.25) is 0 Å². The summed E-state index contributed by atoms with van der Waals surface area (Å²) in [5.74, 6) is 0.266. The van der Waals surface area contributed by atoms with Gasteiger partial charge in [-0.15, -0.1) is 0 Å². The molecular weight excluding hydrogens is 206 g/mol. The smallest absolute Gasteiger partial charge is 0.257 e. The zero-order valence-corrected chi connectivity index (χ0v) is 9.68. The molecule has 16 heavy (non-hydrogen) atoms. The minimum Gasteiger partial charge on any atom is -0.396 e. The quantitative estimate of drug-likeness (QED) is 0.778. The Bertz CT molecular complexity index is 400. The molecule has 1 atom stereocenters. The van der Waals surface area contributed by atoms with Crippen LogP contribution < -0.4 is 0 Å². The molecule has 1 saturated heterocycles. The number of carbonyl (C=O) groups excluding carboxylic acids is 1. The molecule has 1 unspecified atom stereocenters. The van der Waals surface area contributed by atoms with E-state index in [2.05, 4.69) is 5.10 Å². The van der Waals surface area contributed by atoms with Crippen molar-refractivity contribution < 1.29 is 9.90 Å². The van der Waals surface area contributed by atoms with Crippen molar-refractivity contribution in [2.24, 2.45) is 13.0 Å². The average molecular weight is 223 g/mol. The number of carbonyl (C=O) groups is 1. The molecule has 0 saturated carbocycles.